The number of esters is 1. The SMILES string of the molecule is CC(C)COC(=O)OC[C@H](C)OC(=O)[C@@H](N)Cc1ccc(OC(=O)OC(C)(C)C)c(OC(=O)OC(C)(C)C)c1. The van der Waals surface area contributed by atoms with E-state index in [1.54, 1.807) is 41.5 Å². The summed E-state index contributed by atoms with van der Waals surface area (Å²) in [5.74, 6) is -0.843. The molecule has 0 saturated carbocycles. The van der Waals surface area contributed by atoms with Gasteiger partial charge in [0.15, 0.2) is 11.5 Å². The smallest absolute Gasteiger partial charge is 0.458 e. The predicted molar refractivity (Wildman–Crippen MR) is 140 cm³/mol. The molecule has 39 heavy (non-hydrogen) atoms. The van der Waals surface area contributed by atoms with Gasteiger partial charge in [0.2, 0.25) is 0 Å². The summed E-state index contributed by atoms with van der Waals surface area (Å²) < 4.78 is 35.9. The first-order valence-corrected chi connectivity index (χ1v) is 12.5. The molecule has 2 atom stereocenters. The first-order valence-electron chi connectivity index (χ1n) is 12.5. The Bertz CT molecular complexity index is 992. The van der Waals surface area contributed by atoms with Crippen LogP contribution in [0.15, 0.2) is 18.2 Å². The molecule has 12 nitrogen and oxygen atoms in total. The summed E-state index contributed by atoms with van der Waals surface area (Å²) in [6.07, 6.45) is -3.68. The largest absolute Gasteiger partial charge is 0.514 e. The molecule has 0 aliphatic rings. The lowest BCUT2D eigenvalue weighted by Crippen LogP contribution is -2.37. The molecule has 0 spiro atoms. The van der Waals surface area contributed by atoms with Gasteiger partial charge < -0.3 is 38.9 Å². The molecule has 0 aliphatic heterocycles. The van der Waals surface area contributed by atoms with E-state index in [4.69, 9.17) is 38.9 Å². The van der Waals surface area contributed by atoms with Gasteiger partial charge >= 0.3 is 24.4 Å². The Hall–Kier alpha value is -3.54. The van der Waals surface area contributed by atoms with Crippen LogP contribution in [0.3, 0.4) is 0 Å². The number of benzene rings is 1. The highest BCUT2D eigenvalue weighted by Crippen LogP contribution is 2.31. The average Bonchev–Trinajstić information content (AvgIpc) is 2.75. The van der Waals surface area contributed by atoms with Crippen molar-refractivity contribution in [3.05, 3.63) is 23.8 Å². The summed E-state index contributed by atoms with van der Waals surface area (Å²) in [6, 6.07) is 3.18. The first-order chi connectivity index (χ1) is 17.8. The minimum Gasteiger partial charge on any atom is -0.458 e. The maximum Gasteiger partial charge on any atom is 0.514 e. The summed E-state index contributed by atoms with van der Waals surface area (Å²) in [5, 5.41) is 0. The first kappa shape index (κ1) is 33.5. The Kier molecular flexibility index (Phi) is 12.5. The van der Waals surface area contributed by atoms with E-state index in [1.165, 1.54) is 25.1 Å². The van der Waals surface area contributed by atoms with Crippen molar-refractivity contribution in [3.63, 3.8) is 0 Å². The minimum absolute atomic E-state index is 0.0137. The quantitative estimate of drug-likeness (QED) is 0.236. The monoisotopic (exact) mass is 555 g/mol. The second kappa shape index (κ2) is 14.6. The van der Waals surface area contributed by atoms with Crippen molar-refractivity contribution in [1.29, 1.82) is 0 Å². The summed E-state index contributed by atoms with van der Waals surface area (Å²) >= 11 is 0. The van der Waals surface area contributed by atoms with E-state index in [-0.39, 0.29) is 37.1 Å². The van der Waals surface area contributed by atoms with Crippen molar-refractivity contribution in [1.82, 2.24) is 0 Å². The third kappa shape index (κ3) is 14.8. The molecular formula is C27H41NO11. The molecule has 0 aliphatic carbocycles. The van der Waals surface area contributed by atoms with Gasteiger partial charge in [0.25, 0.3) is 0 Å². The Morgan fingerprint density at radius 1 is 0.769 bits per heavy atom. The fraction of sp³-hybridized carbons (Fsp3) is 0.630. The molecule has 12 heteroatoms. The summed E-state index contributed by atoms with van der Waals surface area (Å²) in [7, 11) is 0. The van der Waals surface area contributed by atoms with E-state index >= 15 is 0 Å². The zero-order valence-corrected chi connectivity index (χ0v) is 24.2. The molecule has 1 aromatic rings. The van der Waals surface area contributed by atoms with Crippen LogP contribution in [0.2, 0.25) is 0 Å². The Morgan fingerprint density at radius 2 is 1.28 bits per heavy atom. The van der Waals surface area contributed by atoms with Gasteiger partial charge in [-0.15, -0.1) is 0 Å². The Balaban J connectivity index is 2.89. The van der Waals surface area contributed by atoms with Crippen molar-refractivity contribution in [2.75, 3.05) is 13.2 Å². The van der Waals surface area contributed by atoms with Crippen molar-refractivity contribution in [2.45, 2.75) is 92.1 Å². The van der Waals surface area contributed by atoms with Gasteiger partial charge in [-0.05, 0) is 78.5 Å². The second-order valence-electron chi connectivity index (χ2n) is 11.2. The number of nitrogens with two attached hydrogens (primary N) is 1. The average molecular weight is 556 g/mol. The molecule has 0 aromatic heterocycles. The lowest BCUT2D eigenvalue weighted by Gasteiger charge is -2.21. The summed E-state index contributed by atoms with van der Waals surface area (Å²) in [5.41, 5.74) is 4.83. The Morgan fingerprint density at radius 3 is 1.79 bits per heavy atom. The minimum atomic E-state index is -1.10. The zero-order valence-electron chi connectivity index (χ0n) is 24.2. The standard InChI is InChI=1S/C27H41NO11/c1-16(2)14-33-23(30)34-15-17(3)35-22(29)19(28)12-18-10-11-20(36-24(31)38-26(4,5)6)21(13-18)37-25(32)39-27(7,8)9/h10-11,13,16-17,19H,12,14-15,28H2,1-9H3/t17-,19-/m0/s1. The molecule has 0 heterocycles. The van der Waals surface area contributed by atoms with Gasteiger partial charge in [-0.25, -0.2) is 14.4 Å². The number of ether oxygens (including phenoxy) is 7. The molecule has 220 valence electrons. The van der Waals surface area contributed by atoms with Crippen molar-refractivity contribution < 1.29 is 52.3 Å². The summed E-state index contributed by atoms with van der Waals surface area (Å²) in [6.45, 7) is 15.3. The number of carbonyl (C=O) groups excluding carboxylic acids is 4. The molecule has 2 N–H and O–H groups in total. The van der Waals surface area contributed by atoms with E-state index in [0.717, 1.165) is 0 Å². The molecule has 1 rings (SSSR count). The van der Waals surface area contributed by atoms with Crippen LogP contribution >= 0.6 is 0 Å². The third-order valence-corrected chi connectivity index (χ3v) is 4.22. The number of carbonyl (C=O) groups is 4. The van der Waals surface area contributed by atoms with Crippen LogP contribution in [0.1, 0.15) is 67.9 Å². The summed E-state index contributed by atoms with van der Waals surface area (Å²) in [4.78, 5) is 48.5. The highest BCUT2D eigenvalue weighted by molar-refractivity contribution is 5.76. The van der Waals surface area contributed by atoms with Gasteiger partial charge in [-0.1, -0.05) is 19.9 Å². The van der Waals surface area contributed by atoms with Crippen LogP contribution in [-0.2, 0) is 34.9 Å². The maximum absolute atomic E-state index is 12.5. The van der Waals surface area contributed by atoms with Crippen molar-refractivity contribution >= 4 is 24.4 Å². The number of hydrogen-bond acceptors (Lipinski definition) is 12. The van der Waals surface area contributed by atoms with Gasteiger partial charge in [-0.2, -0.15) is 0 Å². The van der Waals surface area contributed by atoms with E-state index in [9.17, 15) is 19.2 Å². The van der Waals surface area contributed by atoms with Gasteiger partial charge in [-0.3, -0.25) is 4.79 Å². The predicted octanol–water partition coefficient (Wildman–Crippen LogP) is 4.93. The highest BCUT2D eigenvalue weighted by atomic mass is 16.8. The normalized spacial score (nSPS) is 13.1. The second-order valence-corrected chi connectivity index (χ2v) is 11.2. The van der Waals surface area contributed by atoms with Crippen LogP contribution in [0.5, 0.6) is 11.5 Å². The molecule has 0 fully saturated rings. The van der Waals surface area contributed by atoms with E-state index in [0.29, 0.717) is 5.56 Å². The van der Waals surface area contributed by atoms with Gasteiger partial charge in [0.05, 0.1) is 6.61 Å². The number of hydrogen-bond donors (Lipinski definition) is 1. The molecule has 0 unspecified atom stereocenters. The maximum atomic E-state index is 12.5. The molecular weight excluding hydrogens is 514 g/mol. The Labute approximate surface area is 229 Å². The van der Waals surface area contributed by atoms with Crippen LogP contribution in [0, 0.1) is 5.92 Å². The van der Waals surface area contributed by atoms with Crippen LogP contribution in [-0.4, -0.2) is 61.0 Å². The van der Waals surface area contributed by atoms with Crippen LogP contribution in [0.25, 0.3) is 0 Å². The van der Waals surface area contributed by atoms with E-state index in [1.807, 2.05) is 13.8 Å². The molecule has 0 amide bonds. The lowest BCUT2D eigenvalue weighted by atomic mass is 10.1. The number of rotatable bonds is 10. The van der Waals surface area contributed by atoms with E-state index < -0.39 is 47.8 Å². The van der Waals surface area contributed by atoms with Crippen LogP contribution < -0.4 is 15.2 Å². The fourth-order valence-corrected chi connectivity index (χ4v) is 2.68. The van der Waals surface area contributed by atoms with Gasteiger partial charge in [0, 0.05) is 0 Å². The zero-order chi connectivity index (χ0) is 30.0. The van der Waals surface area contributed by atoms with E-state index in [2.05, 4.69) is 0 Å². The lowest BCUT2D eigenvalue weighted by molar-refractivity contribution is -0.152. The van der Waals surface area contributed by atoms with Crippen molar-refractivity contribution in [2.24, 2.45) is 11.7 Å². The topological polar surface area (TPSA) is 159 Å². The van der Waals surface area contributed by atoms with Crippen LogP contribution in [0.4, 0.5) is 14.4 Å². The molecule has 1 aromatic carbocycles. The third-order valence-electron chi connectivity index (χ3n) is 4.22. The molecule has 0 radical (unpaired) electrons. The van der Waals surface area contributed by atoms with Gasteiger partial charge in [0.1, 0.15) is 30.0 Å². The molecule has 0 saturated heterocycles. The van der Waals surface area contributed by atoms with Crippen molar-refractivity contribution in [3.8, 4) is 11.5 Å². The molecule has 0 bridgehead atoms. The highest BCUT2D eigenvalue weighted by Gasteiger charge is 2.25. The fourth-order valence-electron chi connectivity index (χ4n) is 2.68.